The molecule has 2 N–H and O–H groups in total. The lowest BCUT2D eigenvalue weighted by Gasteiger charge is -2.14. The largest absolute Gasteiger partial charge is 0.481 e. The van der Waals surface area contributed by atoms with Gasteiger partial charge < -0.3 is 14.8 Å². The van der Waals surface area contributed by atoms with Crippen molar-refractivity contribution in [3.05, 3.63) is 53.5 Å². The van der Waals surface area contributed by atoms with Gasteiger partial charge in [0, 0.05) is 12.5 Å². The second-order valence-corrected chi connectivity index (χ2v) is 5.37. The number of hydrogen-bond acceptors (Lipinski definition) is 4. The first-order valence-corrected chi connectivity index (χ1v) is 7.10. The van der Waals surface area contributed by atoms with E-state index in [0.29, 0.717) is 11.3 Å². The fourth-order valence-corrected chi connectivity index (χ4v) is 2.16. The van der Waals surface area contributed by atoms with E-state index in [1.807, 2.05) is 13.8 Å². The summed E-state index contributed by atoms with van der Waals surface area (Å²) in [5.74, 6) is -2.63. The molecule has 0 bridgehead atoms. The molecular weight excluding hydrogens is 303 g/mol. The molecule has 1 heterocycles. The first-order valence-electron chi connectivity index (χ1n) is 7.10. The maximum absolute atomic E-state index is 12.9. The first-order chi connectivity index (χ1) is 10.9. The van der Waals surface area contributed by atoms with Gasteiger partial charge in [0.15, 0.2) is 12.1 Å². The van der Waals surface area contributed by atoms with Gasteiger partial charge in [-0.15, -0.1) is 0 Å². The highest BCUT2D eigenvalue weighted by molar-refractivity contribution is 5.93. The van der Waals surface area contributed by atoms with E-state index < -0.39 is 23.6 Å². The number of aliphatic carboxylic acids is 1. The third-order valence-corrected chi connectivity index (χ3v) is 3.37. The van der Waals surface area contributed by atoms with E-state index in [0.717, 1.165) is 0 Å². The van der Waals surface area contributed by atoms with Gasteiger partial charge in [-0.1, -0.05) is 26.0 Å². The Morgan fingerprint density at radius 3 is 2.52 bits per heavy atom. The van der Waals surface area contributed by atoms with Gasteiger partial charge in [-0.2, -0.15) is 0 Å². The van der Waals surface area contributed by atoms with Crippen LogP contribution in [0.1, 0.15) is 47.5 Å². The normalized spacial score (nSPS) is 12.2. The van der Waals surface area contributed by atoms with E-state index in [-0.39, 0.29) is 18.2 Å². The highest BCUT2D eigenvalue weighted by atomic mass is 19.1. The summed E-state index contributed by atoms with van der Waals surface area (Å²) >= 11 is 0. The Morgan fingerprint density at radius 2 is 1.96 bits per heavy atom. The number of carboxylic acids is 1. The van der Waals surface area contributed by atoms with E-state index in [2.05, 4.69) is 10.3 Å². The summed E-state index contributed by atoms with van der Waals surface area (Å²) in [5.41, 5.74) is 0.548. The zero-order valence-electron chi connectivity index (χ0n) is 12.7. The van der Waals surface area contributed by atoms with Crippen LogP contribution in [0.5, 0.6) is 0 Å². The Labute approximate surface area is 132 Å². The number of benzene rings is 1. The monoisotopic (exact) mass is 320 g/mol. The minimum Gasteiger partial charge on any atom is -0.481 e. The highest BCUT2D eigenvalue weighted by Crippen LogP contribution is 2.19. The molecule has 122 valence electrons. The van der Waals surface area contributed by atoms with Crippen molar-refractivity contribution in [2.45, 2.75) is 25.7 Å². The van der Waals surface area contributed by atoms with Crippen LogP contribution in [-0.2, 0) is 4.79 Å². The molecule has 1 aromatic carbocycles. The highest BCUT2D eigenvalue weighted by Gasteiger charge is 2.24. The zero-order chi connectivity index (χ0) is 17.0. The number of amides is 1. The molecule has 0 saturated carbocycles. The molecule has 1 atom stereocenters. The van der Waals surface area contributed by atoms with Crippen molar-refractivity contribution in [3.8, 4) is 0 Å². The molecule has 2 aromatic rings. The summed E-state index contributed by atoms with van der Waals surface area (Å²) in [7, 11) is 0. The smallest absolute Gasteiger partial charge is 0.312 e. The summed E-state index contributed by atoms with van der Waals surface area (Å²) in [6.07, 6.45) is 1.18. The van der Waals surface area contributed by atoms with Crippen molar-refractivity contribution in [1.29, 1.82) is 0 Å². The van der Waals surface area contributed by atoms with Crippen LogP contribution in [0.15, 0.2) is 35.1 Å². The number of hydrogen-bond donors (Lipinski definition) is 2. The minimum absolute atomic E-state index is 0.0226. The Kier molecular flexibility index (Phi) is 5.10. The third kappa shape index (κ3) is 3.94. The Bertz CT molecular complexity index is 694. The topological polar surface area (TPSA) is 92.4 Å². The summed E-state index contributed by atoms with van der Waals surface area (Å²) < 4.78 is 18.1. The Balaban J connectivity index is 2.10. The average molecular weight is 320 g/mol. The molecule has 0 radical (unpaired) electrons. The number of aromatic nitrogens is 1. The molecule has 23 heavy (non-hydrogen) atoms. The number of carbonyl (C=O) groups excluding carboxylic acids is 1. The molecule has 0 aliphatic rings. The van der Waals surface area contributed by atoms with Gasteiger partial charge in [0.05, 0.1) is 5.92 Å². The van der Waals surface area contributed by atoms with Crippen LogP contribution < -0.4 is 5.32 Å². The Hall–Kier alpha value is -2.70. The molecule has 0 aliphatic heterocycles. The molecule has 0 saturated heterocycles. The molecule has 0 fully saturated rings. The summed E-state index contributed by atoms with van der Waals surface area (Å²) in [6.45, 7) is 3.58. The number of nitrogens with one attached hydrogen (secondary N) is 1. The van der Waals surface area contributed by atoms with Crippen molar-refractivity contribution in [2.75, 3.05) is 6.54 Å². The van der Waals surface area contributed by atoms with Crippen LogP contribution in [0, 0.1) is 5.82 Å². The number of rotatable bonds is 6. The molecule has 1 amide bonds. The van der Waals surface area contributed by atoms with E-state index in [1.54, 1.807) is 0 Å². The van der Waals surface area contributed by atoms with Crippen molar-refractivity contribution < 1.29 is 23.5 Å². The molecule has 0 aliphatic carbocycles. The van der Waals surface area contributed by atoms with Gasteiger partial charge in [0.1, 0.15) is 11.6 Å². The van der Waals surface area contributed by atoms with E-state index >= 15 is 0 Å². The average Bonchev–Trinajstić information content (AvgIpc) is 2.98. The van der Waals surface area contributed by atoms with Crippen molar-refractivity contribution in [2.24, 2.45) is 0 Å². The quantitative estimate of drug-likeness (QED) is 0.853. The molecule has 1 aromatic heterocycles. The number of halogens is 1. The van der Waals surface area contributed by atoms with Crippen LogP contribution in [0.2, 0.25) is 0 Å². The van der Waals surface area contributed by atoms with Crippen LogP contribution in [0.3, 0.4) is 0 Å². The van der Waals surface area contributed by atoms with Crippen molar-refractivity contribution >= 4 is 11.9 Å². The van der Waals surface area contributed by atoms with Gasteiger partial charge in [-0.05, 0) is 17.7 Å². The zero-order valence-corrected chi connectivity index (χ0v) is 12.7. The van der Waals surface area contributed by atoms with E-state index in [4.69, 9.17) is 4.42 Å². The number of carboxylic acid groups (broad SMARTS) is 1. The summed E-state index contributed by atoms with van der Waals surface area (Å²) in [5, 5.41) is 11.8. The summed E-state index contributed by atoms with van der Waals surface area (Å²) in [6, 6.07) is 5.13. The molecule has 7 heteroatoms. The predicted molar refractivity (Wildman–Crippen MR) is 79.7 cm³/mol. The van der Waals surface area contributed by atoms with Crippen molar-refractivity contribution in [1.82, 2.24) is 10.3 Å². The van der Waals surface area contributed by atoms with Gasteiger partial charge >= 0.3 is 5.97 Å². The first kappa shape index (κ1) is 16.7. The lowest BCUT2D eigenvalue weighted by Crippen LogP contribution is -2.32. The molecular formula is C16H17FN2O4. The van der Waals surface area contributed by atoms with E-state index in [9.17, 15) is 19.1 Å². The fourth-order valence-electron chi connectivity index (χ4n) is 2.16. The Morgan fingerprint density at radius 1 is 1.30 bits per heavy atom. The molecule has 6 nitrogen and oxygen atoms in total. The van der Waals surface area contributed by atoms with Crippen LogP contribution >= 0.6 is 0 Å². The van der Waals surface area contributed by atoms with Crippen LogP contribution in [0.25, 0.3) is 0 Å². The van der Waals surface area contributed by atoms with E-state index in [1.165, 1.54) is 30.7 Å². The van der Waals surface area contributed by atoms with Gasteiger partial charge in [-0.25, -0.2) is 9.37 Å². The minimum atomic E-state index is -1.11. The van der Waals surface area contributed by atoms with Crippen LogP contribution in [-0.4, -0.2) is 28.5 Å². The molecule has 1 unspecified atom stereocenters. The maximum Gasteiger partial charge on any atom is 0.312 e. The molecule has 2 rings (SSSR count). The lowest BCUT2D eigenvalue weighted by molar-refractivity contribution is -0.138. The molecule has 0 spiro atoms. The number of carbonyl (C=O) groups is 2. The number of oxazole rings is 1. The SMILES string of the molecule is CC(C)c1ocnc1C(=O)NCC(C(=O)O)c1ccc(F)cc1. The fraction of sp³-hybridized carbons (Fsp3) is 0.312. The lowest BCUT2D eigenvalue weighted by atomic mass is 9.99. The van der Waals surface area contributed by atoms with Gasteiger partial charge in [0.25, 0.3) is 5.91 Å². The number of nitrogens with zero attached hydrogens (tertiary/aromatic N) is 1. The predicted octanol–water partition coefficient (Wildman–Crippen LogP) is 2.54. The van der Waals surface area contributed by atoms with Gasteiger partial charge in [0.2, 0.25) is 0 Å². The van der Waals surface area contributed by atoms with Crippen LogP contribution in [0.4, 0.5) is 4.39 Å². The maximum atomic E-state index is 12.9. The van der Waals surface area contributed by atoms with Crippen molar-refractivity contribution in [3.63, 3.8) is 0 Å². The second-order valence-electron chi connectivity index (χ2n) is 5.37. The standard InChI is InChI=1S/C16H17FN2O4/c1-9(2)14-13(19-8-23-14)15(20)18-7-12(16(21)22)10-3-5-11(17)6-4-10/h3-6,8-9,12H,7H2,1-2H3,(H,18,20)(H,21,22). The summed E-state index contributed by atoms with van der Waals surface area (Å²) in [4.78, 5) is 27.4. The van der Waals surface area contributed by atoms with Gasteiger partial charge in [-0.3, -0.25) is 9.59 Å². The third-order valence-electron chi connectivity index (χ3n) is 3.37. The second kappa shape index (κ2) is 7.04.